The third-order valence-corrected chi connectivity index (χ3v) is 5.15. The number of rotatable bonds is 2. The van der Waals surface area contributed by atoms with Gasteiger partial charge in [-0.15, -0.1) is 0 Å². The van der Waals surface area contributed by atoms with Gasteiger partial charge < -0.3 is 14.7 Å². The fraction of sp³-hybridized carbons (Fsp3) is 0.556. The van der Waals surface area contributed by atoms with Gasteiger partial charge in [0.05, 0.1) is 29.4 Å². The Hall–Kier alpha value is -1.72. The molecule has 2 aliphatic rings. The molecule has 0 aliphatic carbocycles. The first-order valence-corrected chi connectivity index (χ1v) is 8.50. The lowest BCUT2D eigenvalue weighted by atomic mass is 9.89. The number of aliphatic hydroxyl groups excluding tert-OH is 1. The molecule has 1 aromatic carbocycles. The summed E-state index contributed by atoms with van der Waals surface area (Å²) in [6, 6.07) is 8.29. The highest BCUT2D eigenvalue weighted by Crippen LogP contribution is 2.34. The lowest BCUT2D eigenvalue weighted by molar-refractivity contribution is -0.0438. The van der Waals surface area contributed by atoms with Crippen LogP contribution in [0.2, 0.25) is 0 Å². The van der Waals surface area contributed by atoms with Gasteiger partial charge in [0.15, 0.2) is 5.82 Å². The number of anilines is 1. The normalized spacial score (nSPS) is 28.4. The maximum atomic E-state index is 10.4. The Morgan fingerprint density at radius 3 is 2.74 bits per heavy atom. The second-order valence-electron chi connectivity index (χ2n) is 6.62. The summed E-state index contributed by atoms with van der Waals surface area (Å²) in [7, 11) is 0. The van der Waals surface area contributed by atoms with Gasteiger partial charge in [-0.3, -0.25) is 0 Å². The Labute approximate surface area is 136 Å². The standard InChI is InChI=1S/C18H23N3O2/c1-12-18(20-15-6-3-2-5-14(15)19-12)21-9-4-7-16(21)13-11-23-10-8-17(13)22/h2-3,5-6,13,16-17,22H,4,7-11H2,1H3/t13-,16-,17+/m1/s1. The van der Waals surface area contributed by atoms with Crippen molar-refractivity contribution in [3.63, 3.8) is 0 Å². The monoisotopic (exact) mass is 313 g/mol. The van der Waals surface area contributed by atoms with E-state index in [9.17, 15) is 5.11 Å². The smallest absolute Gasteiger partial charge is 0.151 e. The van der Waals surface area contributed by atoms with Crippen LogP contribution in [0.15, 0.2) is 24.3 Å². The molecule has 0 radical (unpaired) electrons. The molecule has 4 rings (SSSR count). The molecule has 2 aliphatic heterocycles. The van der Waals surface area contributed by atoms with Gasteiger partial charge in [0, 0.05) is 25.1 Å². The summed E-state index contributed by atoms with van der Waals surface area (Å²) in [4.78, 5) is 11.9. The third-order valence-electron chi connectivity index (χ3n) is 5.15. The number of benzene rings is 1. The van der Waals surface area contributed by atoms with Crippen LogP contribution in [0.25, 0.3) is 11.0 Å². The molecule has 1 aromatic heterocycles. The predicted molar refractivity (Wildman–Crippen MR) is 89.6 cm³/mol. The lowest BCUT2D eigenvalue weighted by Gasteiger charge is -2.37. The van der Waals surface area contributed by atoms with E-state index >= 15 is 0 Å². The first-order chi connectivity index (χ1) is 11.2. The van der Waals surface area contributed by atoms with Crippen molar-refractivity contribution in [3.8, 4) is 0 Å². The molecule has 5 heteroatoms. The van der Waals surface area contributed by atoms with E-state index in [0.29, 0.717) is 19.3 Å². The molecule has 0 bridgehead atoms. The van der Waals surface area contributed by atoms with Crippen molar-refractivity contribution in [2.75, 3.05) is 24.7 Å². The first-order valence-electron chi connectivity index (χ1n) is 8.50. The molecular weight excluding hydrogens is 290 g/mol. The molecule has 2 aromatic rings. The van der Waals surface area contributed by atoms with Crippen LogP contribution < -0.4 is 4.90 Å². The van der Waals surface area contributed by atoms with Crippen molar-refractivity contribution in [2.45, 2.75) is 38.3 Å². The Morgan fingerprint density at radius 2 is 1.96 bits per heavy atom. The number of ether oxygens (including phenoxy) is 1. The molecule has 23 heavy (non-hydrogen) atoms. The molecule has 3 heterocycles. The van der Waals surface area contributed by atoms with Gasteiger partial charge in [-0.2, -0.15) is 0 Å². The molecule has 122 valence electrons. The van der Waals surface area contributed by atoms with Crippen LogP contribution in [0.5, 0.6) is 0 Å². The molecule has 1 N–H and O–H groups in total. The van der Waals surface area contributed by atoms with Crippen LogP contribution in [0.1, 0.15) is 25.0 Å². The van der Waals surface area contributed by atoms with E-state index in [1.54, 1.807) is 0 Å². The van der Waals surface area contributed by atoms with E-state index in [1.165, 1.54) is 0 Å². The number of hydrogen-bond donors (Lipinski definition) is 1. The number of aliphatic hydroxyl groups is 1. The average Bonchev–Trinajstić information content (AvgIpc) is 3.03. The number of aryl methyl sites for hydroxylation is 1. The Bertz CT molecular complexity index is 706. The number of fused-ring (bicyclic) bond motifs is 1. The molecule has 0 amide bonds. The van der Waals surface area contributed by atoms with Gasteiger partial charge in [0.2, 0.25) is 0 Å². The fourth-order valence-corrected chi connectivity index (χ4v) is 3.97. The highest BCUT2D eigenvalue weighted by molar-refractivity contribution is 5.76. The van der Waals surface area contributed by atoms with Crippen molar-refractivity contribution < 1.29 is 9.84 Å². The van der Waals surface area contributed by atoms with E-state index in [2.05, 4.69) is 4.90 Å². The van der Waals surface area contributed by atoms with E-state index in [4.69, 9.17) is 14.7 Å². The molecule has 0 unspecified atom stereocenters. The Kier molecular flexibility index (Phi) is 3.91. The molecular formula is C18H23N3O2. The molecule has 3 atom stereocenters. The van der Waals surface area contributed by atoms with Crippen LogP contribution in [-0.4, -0.2) is 47.0 Å². The van der Waals surface area contributed by atoms with Gasteiger partial charge >= 0.3 is 0 Å². The topological polar surface area (TPSA) is 58.5 Å². The quantitative estimate of drug-likeness (QED) is 0.922. The third kappa shape index (κ3) is 2.68. The number of nitrogens with zero attached hydrogens (tertiary/aromatic N) is 3. The van der Waals surface area contributed by atoms with Crippen molar-refractivity contribution in [1.82, 2.24) is 9.97 Å². The van der Waals surface area contributed by atoms with Crippen LogP contribution in [0.4, 0.5) is 5.82 Å². The first kappa shape index (κ1) is 14.8. The highest BCUT2D eigenvalue weighted by atomic mass is 16.5. The van der Waals surface area contributed by atoms with Crippen molar-refractivity contribution in [2.24, 2.45) is 5.92 Å². The van der Waals surface area contributed by atoms with Crippen molar-refractivity contribution >= 4 is 16.9 Å². The maximum Gasteiger partial charge on any atom is 0.151 e. The fourth-order valence-electron chi connectivity index (χ4n) is 3.97. The summed E-state index contributed by atoms with van der Waals surface area (Å²) >= 11 is 0. The highest BCUT2D eigenvalue weighted by Gasteiger charge is 2.38. The number of aromatic nitrogens is 2. The number of hydrogen-bond acceptors (Lipinski definition) is 5. The molecule has 0 spiro atoms. The second kappa shape index (κ2) is 6.06. The van der Waals surface area contributed by atoms with E-state index < -0.39 is 0 Å². The van der Waals surface area contributed by atoms with E-state index in [1.807, 2.05) is 31.2 Å². The summed E-state index contributed by atoms with van der Waals surface area (Å²) in [5.41, 5.74) is 2.83. The summed E-state index contributed by atoms with van der Waals surface area (Å²) in [6.45, 7) is 4.31. The van der Waals surface area contributed by atoms with Crippen molar-refractivity contribution in [1.29, 1.82) is 0 Å². The number of para-hydroxylation sites is 2. The minimum absolute atomic E-state index is 0.166. The maximum absolute atomic E-state index is 10.4. The van der Waals surface area contributed by atoms with E-state index in [-0.39, 0.29) is 12.0 Å². The minimum Gasteiger partial charge on any atom is -0.393 e. The summed E-state index contributed by atoms with van der Waals surface area (Å²) in [6.07, 6.45) is 2.67. The molecule has 0 saturated carbocycles. The zero-order valence-corrected chi connectivity index (χ0v) is 13.5. The van der Waals surface area contributed by atoms with Gasteiger partial charge in [0.1, 0.15) is 0 Å². The van der Waals surface area contributed by atoms with Crippen LogP contribution in [-0.2, 0) is 4.74 Å². The molecule has 5 nitrogen and oxygen atoms in total. The molecule has 2 fully saturated rings. The SMILES string of the molecule is Cc1nc2ccccc2nc1N1CCC[C@@H]1[C@H]1COCC[C@@H]1O. The predicted octanol–water partition coefficient (Wildman–Crippen LogP) is 2.30. The van der Waals surface area contributed by atoms with Gasteiger partial charge in [-0.1, -0.05) is 12.1 Å². The minimum atomic E-state index is -0.275. The second-order valence-corrected chi connectivity index (χ2v) is 6.62. The lowest BCUT2D eigenvalue weighted by Crippen LogP contribution is -2.46. The van der Waals surface area contributed by atoms with Crippen molar-refractivity contribution in [3.05, 3.63) is 30.0 Å². The summed E-state index contributed by atoms with van der Waals surface area (Å²) in [5, 5.41) is 10.4. The van der Waals surface area contributed by atoms with E-state index in [0.717, 1.165) is 48.4 Å². The van der Waals surface area contributed by atoms with Gasteiger partial charge in [0.25, 0.3) is 0 Å². The van der Waals surface area contributed by atoms with Crippen LogP contribution in [0.3, 0.4) is 0 Å². The van der Waals surface area contributed by atoms with Gasteiger partial charge in [-0.05, 0) is 38.3 Å². The zero-order valence-electron chi connectivity index (χ0n) is 13.5. The zero-order chi connectivity index (χ0) is 15.8. The summed E-state index contributed by atoms with van der Waals surface area (Å²) in [5.74, 6) is 1.13. The van der Waals surface area contributed by atoms with Gasteiger partial charge in [-0.25, -0.2) is 9.97 Å². The Balaban J connectivity index is 1.69. The summed E-state index contributed by atoms with van der Waals surface area (Å²) < 4.78 is 5.63. The van der Waals surface area contributed by atoms with Crippen LogP contribution in [0, 0.1) is 12.8 Å². The Morgan fingerprint density at radius 1 is 1.17 bits per heavy atom. The molecule has 2 saturated heterocycles. The average molecular weight is 313 g/mol. The van der Waals surface area contributed by atoms with Crippen LogP contribution >= 0.6 is 0 Å². The largest absolute Gasteiger partial charge is 0.393 e.